The summed E-state index contributed by atoms with van der Waals surface area (Å²) in [5.74, 6) is -0.673. The number of ether oxygens (including phenoxy) is 3. The van der Waals surface area contributed by atoms with Crippen LogP contribution in [-0.2, 0) is 14.2 Å². The number of hydrogen-bond acceptors (Lipinski definition) is 8. The summed E-state index contributed by atoms with van der Waals surface area (Å²) in [7, 11) is 1.19. The van der Waals surface area contributed by atoms with Crippen molar-refractivity contribution in [3.8, 4) is 0 Å². The zero-order valence-corrected chi connectivity index (χ0v) is 16.7. The first-order valence-corrected chi connectivity index (χ1v) is 8.32. The highest BCUT2D eigenvalue weighted by Gasteiger charge is 2.36. The predicted octanol–water partition coefficient (Wildman–Crippen LogP) is 3.41. The van der Waals surface area contributed by atoms with Crippen LogP contribution < -0.4 is 4.90 Å². The van der Waals surface area contributed by atoms with Gasteiger partial charge in [0, 0.05) is 4.92 Å². The van der Waals surface area contributed by atoms with Gasteiger partial charge in [-0.2, -0.15) is 4.90 Å². The first-order chi connectivity index (χ1) is 12.8. The molecule has 0 aliphatic heterocycles. The van der Waals surface area contributed by atoms with E-state index in [1.165, 1.54) is 45.2 Å². The molecule has 1 aromatic rings. The number of rotatable bonds is 5. The van der Waals surface area contributed by atoms with Gasteiger partial charge in [0.15, 0.2) is 5.60 Å². The van der Waals surface area contributed by atoms with Crippen LogP contribution in [0.15, 0.2) is 24.3 Å². The molecule has 1 rings (SSSR count). The van der Waals surface area contributed by atoms with Crippen LogP contribution in [0.3, 0.4) is 0 Å². The fraction of sp³-hybridized carbons (Fsp3) is 0.500. The number of methoxy groups -OCH3 is 1. The number of esters is 1. The number of imide groups is 1. The predicted molar refractivity (Wildman–Crippen MR) is 98.9 cm³/mol. The van der Waals surface area contributed by atoms with Crippen LogP contribution in [0, 0.1) is 10.1 Å². The molecule has 0 saturated carbocycles. The highest BCUT2D eigenvalue weighted by molar-refractivity contribution is 6.10. The Kier molecular flexibility index (Phi) is 7.09. The molecular weight excluding hydrogens is 372 g/mol. The van der Waals surface area contributed by atoms with E-state index in [9.17, 15) is 24.5 Å². The molecule has 0 saturated heterocycles. The molecule has 154 valence electrons. The highest BCUT2D eigenvalue weighted by Crippen LogP contribution is 2.23. The third kappa shape index (κ3) is 6.86. The van der Waals surface area contributed by atoms with E-state index in [1.54, 1.807) is 20.8 Å². The number of amides is 2. The standard InChI is InChI=1S/C18H24N2O8/c1-17(2,3)27-15(22)20(16(23)28-18(4,5)11-19(24)25)13-9-7-8-12(10-13)14(21)26-6/h7-10H,11H2,1-6H3. The second-order valence-corrected chi connectivity index (χ2v) is 7.48. The van der Waals surface area contributed by atoms with Crippen molar-refractivity contribution >= 4 is 23.8 Å². The van der Waals surface area contributed by atoms with Crippen molar-refractivity contribution < 1.29 is 33.5 Å². The van der Waals surface area contributed by atoms with Gasteiger partial charge in [0.2, 0.25) is 6.54 Å². The molecule has 0 atom stereocenters. The van der Waals surface area contributed by atoms with E-state index in [4.69, 9.17) is 9.47 Å². The highest BCUT2D eigenvalue weighted by atomic mass is 16.6. The normalized spacial score (nSPS) is 11.4. The van der Waals surface area contributed by atoms with Crippen LogP contribution in [0.1, 0.15) is 45.0 Å². The van der Waals surface area contributed by atoms with Crippen LogP contribution >= 0.6 is 0 Å². The summed E-state index contributed by atoms with van der Waals surface area (Å²) in [4.78, 5) is 47.8. The van der Waals surface area contributed by atoms with Crippen LogP contribution in [0.5, 0.6) is 0 Å². The Labute approximate surface area is 162 Å². The average Bonchev–Trinajstić information content (AvgIpc) is 2.50. The molecule has 0 bridgehead atoms. The molecule has 0 aliphatic carbocycles. The lowest BCUT2D eigenvalue weighted by atomic mass is 10.1. The summed E-state index contributed by atoms with van der Waals surface area (Å²) in [6.45, 7) is 6.84. The minimum atomic E-state index is -1.49. The van der Waals surface area contributed by atoms with Crippen LogP contribution in [-0.4, -0.2) is 47.9 Å². The minimum absolute atomic E-state index is 0.0148. The summed E-state index contributed by atoms with van der Waals surface area (Å²) >= 11 is 0. The molecule has 0 fully saturated rings. The van der Waals surface area contributed by atoms with E-state index in [1.807, 2.05) is 0 Å². The van der Waals surface area contributed by atoms with Crippen molar-refractivity contribution in [2.45, 2.75) is 45.8 Å². The molecule has 1 aromatic carbocycles. The van der Waals surface area contributed by atoms with Crippen molar-refractivity contribution in [1.29, 1.82) is 0 Å². The van der Waals surface area contributed by atoms with Gasteiger partial charge in [-0.05, 0) is 52.8 Å². The van der Waals surface area contributed by atoms with E-state index >= 15 is 0 Å². The molecule has 2 amide bonds. The molecule has 0 radical (unpaired) electrons. The summed E-state index contributed by atoms with van der Waals surface area (Å²) in [5.41, 5.74) is -2.34. The van der Waals surface area contributed by atoms with Crippen LogP contribution in [0.4, 0.5) is 15.3 Å². The monoisotopic (exact) mass is 396 g/mol. The third-order valence-corrected chi connectivity index (χ3v) is 3.16. The smallest absolute Gasteiger partial charge is 0.424 e. The summed E-state index contributed by atoms with van der Waals surface area (Å²) in [6.07, 6.45) is -2.24. The zero-order chi connectivity index (χ0) is 21.7. The van der Waals surface area contributed by atoms with Gasteiger partial charge in [0.1, 0.15) is 5.60 Å². The largest absolute Gasteiger partial charge is 0.465 e. The number of carbonyl (C=O) groups is 3. The summed E-state index contributed by atoms with van der Waals surface area (Å²) < 4.78 is 15.0. The maximum atomic E-state index is 12.7. The van der Waals surface area contributed by atoms with E-state index in [0.29, 0.717) is 4.90 Å². The maximum Gasteiger partial charge on any atom is 0.424 e. The number of carbonyl (C=O) groups excluding carboxylic acids is 3. The van der Waals surface area contributed by atoms with Gasteiger partial charge in [-0.3, -0.25) is 10.1 Å². The number of nitrogens with zero attached hydrogens (tertiary/aromatic N) is 2. The van der Waals surface area contributed by atoms with Crippen molar-refractivity contribution in [3.63, 3.8) is 0 Å². The number of anilines is 1. The maximum absolute atomic E-state index is 12.7. The van der Waals surface area contributed by atoms with Crippen molar-refractivity contribution in [2.75, 3.05) is 18.6 Å². The van der Waals surface area contributed by atoms with Gasteiger partial charge in [-0.15, -0.1) is 0 Å². The minimum Gasteiger partial charge on any atom is -0.465 e. The molecule has 0 N–H and O–H groups in total. The zero-order valence-electron chi connectivity index (χ0n) is 16.7. The lowest BCUT2D eigenvalue weighted by Gasteiger charge is -2.28. The number of nitro groups is 1. The Morgan fingerprint density at radius 2 is 1.64 bits per heavy atom. The van der Waals surface area contributed by atoms with Gasteiger partial charge in [-0.1, -0.05) is 6.07 Å². The molecule has 10 heteroatoms. The fourth-order valence-corrected chi connectivity index (χ4v) is 2.11. The second-order valence-electron chi connectivity index (χ2n) is 7.48. The molecule has 0 aromatic heterocycles. The quantitative estimate of drug-likeness (QED) is 0.321. The molecule has 0 spiro atoms. The Balaban J connectivity index is 3.30. The van der Waals surface area contributed by atoms with Crippen molar-refractivity contribution in [3.05, 3.63) is 39.9 Å². The van der Waals surface area contributed by atoms with Crippen LogP contribution in [0.2, 0.25) is 0 Å². The molecule has 28 heavy (non-hydrogen) atoms. The Morgan fingerprint density at radius 3 is 2.14 bits per heavy atom. The third-order valence-electron chi connectivity index (χ3n) is 3.16. The number of benzene rings is 1. The lowest BCUT2D eigenvalue weighted by molar-refractivity contribution is -0.497. The van der Waals surface area contributed by atoms with Gasteiger partial charge in [0.05, 0.1) is 18.4 Å². The SMILES string of the molecule is COC(=O)c1cccc(N(C(=O)OC(C)(C)C)C(=O)OC(C)(C)C[N+](=O)[O-])c1. The fourth-order valence-electron chi connectivity index (χ4n) is 2.11. The molecule has 10 nitrogen and oxygen atoms in total. The molecule has 0 aliphatic rings. The topological polar surface area (TPSA) is 125 Å². The van der Waals surface area contributed by atoms with Gasteiger partial charge >= 0.3 is 18.2 Å². The van der Waals surface area contributed by atoms with Gasteiger partial charge in [0.25, 0.3) is 0 Å². The Hall–Kier alpha value is -3.17. The van der Waals surface area contributed by atoms with Crippen LogP contribution in [0.25, 0.3) is 0 Å². The van der Waals surface area contributed by atoms with Crippen molar-refractivity contribution in [1.82, 2.24) is 0 Å². The lowest BCUT2D eigenvalue weighted by Crippen LogP contribution is -2.46. The van der Waals surface area contributed by atoms with E-state index in [0.717, 1.165) is 0 Å². The Morgan fingerprint density at radius 1 is 1.07 bits per heavy atom. The van der Waals surface area contributed by atoms with Gasteiger partial charge in [-0.25, -0.2) is 14.4 Å². The average molecular weight is 396 g/mol. The Bertz CT molecular complexity index is 767. The molecule has 0 unspecified atom stereocenters. The number of hydrogen-bond donors (Lipinski definition) is 0. The first kappa shape index (κ1) is 22.9. The van der Waals surface area contributed by atoms with E-state index < -0.39 is 40.8 Å². The first-order valence-electron chi connectivity index (χ1n) is 8.32. The second kappa shape index (κ2) is 8.68. The van der Waals surface area contributed by atoms with E-state index in [2.05, 4.69) is 4.74 Å². The van der Waals surface area contributed by atoms with E-state index in [-0.39, 0.29) is 11.3 Å². The molecular formula is C18H24N2O8. The van der Waals surface area contributed by atoms with Gasteiger partial charge < -0.3 is 14.2 Å². The van der Waals surface area contributed by atoms with Crippen molar-refractivity contribution in [2.24, 2.45) is 0 Å². The summed E-state index contributed by atoms with van der Waals surface area (Å²) in [5, 5.41) is 10.8. The summed E-state index contributed by atoms with van der Waals surface area (Å²) in [6, 6.07) is 5.51. The molecule has 0 heterocycles.